The molecule has 2 aliphatic rings. The second kappa shape index (κ2) is 9.63. The van der Waals surface area contributed by atoms with Crippen LogP contribution in [-0.4, -0.2) is 70.6 Å². The van der Waals surface area contributed by atoms with Crippen LogP contribution in [0.2, 0.25) is 0 Å². The highest BCUT2D eigenvalue weighted by molar-refractivity contribution is 5.92. The van der Waals surface area contributed by atoms with Gasteiger partial charge in [-0.15, -0.1) is 0 Å². The Morgan fingerprint density at radius 1 is 1.17 bits per heavy atom. The molecular formula is C23H34N4O2. The smallest absolute Gasteiger partial charge is 0.274 e. The zero-order valence-electron chi connectivity index (χ0n) is 18.3. The number of aryl methyl sites for hydroxylation is 1. The number of aromatic nitrogens is 2. The van der Waals surface area contributed by atoms with Crippen molar-refractivity contribution in [1.82, 2.24) is 19.8 Å². The molecule has 1 aromatic rings. The van der Waals surface area contributed by atoms with E-state index in [0.717, 1.165) is 44.6 Å². The molecule has 2 fully saturated rings. The average molecular weight is 399 g/mol. The lowest BCUT2D eigenvalue weighted by Gasteiger charge is -2.40. The van der Waals surface area contributed by atoms with Crippen LogP contribution in [0.25, 0.3) is 0 Å². The van der Waals surface area contributed by atoms with Crippen molar-refractivity contribution < 1.29 is 9.53 Å². The summed E-state index contributed by atoms with van der Waals surface area (Å²) < 4.78 is 6.19. The van der Waals surface area contributed by atoms with Crippen molar-refractivity contribution in [2.75, 3.05) is 39.3 Å². The molecule has 158 valence electrons. The lowest BCUT2D eigenvalue weighted by Crippen LogP contribution is -2.55. The highest BCUT2D eigenvalue weighted by Crippen LogP contribution is 2.30. The van der Waals surface area contributed by atoms with Crippen molar-refractivity contribution >= 4 is 5.91 Å². The molecule has 0 aliphatic carbocycles. The van der Waals surface area contributed by atoms with Gasteiger partial charge in [-0.05, 0) is 47.0 Å². The van der Waals surface area contributed by atoms with Crippen molar-refractivity contribution in [2.24, 2.45) is 0 Å². The SMILES string of the molecule is CC(C)=CCC/C(C)=C/CN1CCC2(C1)CN(C(=O)c1cnc(C)cn1)CCO2. The van der Waals surface area contributed by atoms with Gasteiger partial charge in [0.2, 0.25) is 0 Å². The lowest BCUT2D eigenvalue weighted by atomic mass is 10.0. The Hall–Kier alpha value is -2.05. The van der Waals surface area contributed by atoms with Crippen molar-refractivity contribution in [1.29, 1.82) is 0 Å². The van der Waals surface area contributed by atoms with E-state index in [1.807, 2.05) is 11.8 Å². The number of hydrogen-bond acceptors (Lipinski definition) is 5. The highest BCUT2D eigenvalue weighted by Gasteiger charge is 2.43. The Balaban J connectivity index is 1.54. The Kier molecular flexibility index (Phi) is 7.19. The first-order valence-electron chi connectivity index (χ1n) is 10.6. The minimum absolute atomic E-state index is 0.0476. The van der Waals surface area contributed by atoms with Crippen LogP contribution in [0.3, 0.4) is 0 Å². The molecule has 1 unspecified atom stereocenters. The Morgan fingerprint density at radius 3 is 2.72 bits per heavy atom. The maximum Gasteiger partial charge on any atom is 0.274 e. The van der Waals surface area contributed by atoms with E-state index in [9.17, 15) is 4.79 Å². The van der Waals surface area contributed by atoms with Crippen molar-refractivity contribution in [3.05, 3.63) is 47.1 Å². The molecule has 6 nitrogen and oxygen atoms in total. The van der Waals surface area contributed by atoms with Gasteiger partial charge in [0.05, 0.1) is 30.6 Å². The molecule has 3 rings (SSSR count). The van der Waals surface area contributed by atoms with Crippen molar-refractivity contribution in [3.63, 3.8) is 0 Å². The number of ether oxygens (including phenoxy) is 1. The molecule has 0 saturated carbocycles. The van der Waals surface area contributed by atoms with Crippen LogP contribution in [0, 0.1) is 6.92 Å². The van der Waals surface area contributed by atoms with Crippen LogP contribution in [-0.2, 0) is 4.74 Å². The summed E-state index contributed by atoms with van der Waals surface area (Å²) >= 11 is 0. The fraction of sp³-hybridized carbons (Fsp3) is 0.609. The van der Waals surface area contributed by atoms with Gasteiger partial charge in [0.15, 0.2) is 0 Å². The van der Waals surface area contributed by atoms with Crippen LogP contribution in [0.1, 0.15) is 56.2 Å². The van der Waals surface area contributed by atoms with E-state index in [-0.39, 0.29) is 11.5 Å². The quantitative estimate of drug-likeness (QED) is 0.688. The normalized spacial score (nSPS) is 22.9. The molecule has 2 aliphatic heterocycles. The van der Waals surface area contributed by atoms with Crippen LogP contribution in [0.15, 0.2) is 35.7 Å². The van der Waals surface area contributed by atoms with Gasteiger partial charge in [0.1, 0.15) is 5.69 Å². The van der Waals surface area contributed by atoms with E-state index < -0.39 is 0 Å². The topological polar surface area (TPSA) is 58.6 Å². The average Bonchev–Trinajstić information content (AvgIpc) is 3.08. The summed E-state index contributed by atoms with van der Waals surface area (Å²) in [6, 6.07) is 0. The summed E-state index contributed by atoms with van der Waals surface area (Å²) in [5.74, 6) is -0.0476. The number of rotatable bonds is 6. The predicted octanol–water partition coefficient (Wildman–Crippen LogP) is 3.39. The Labute approximate surface area is 174 Å². The zero-order valence-corrected chi connectivity index (χ0v) is 18.3. The van der Waals surface area contributed by atoms with E-state index in [1.165, 1.54) is 11.1 Å². The summed E-state index contributed by atoms with van der Waals surface area (Å²) in [7, 11) is 0. The van der Waals surface area contributed by atoms with Crippen molar-refractivity contribution in [2.45, 2.75) is 52.6 Å². The van der Waals surface area contributed by atoms with Gasteiger partial charge in [0.25, 0.3) is 5.91 Å². The minimum Gasteiger partial charge on any atom is -0.370 e. The maximum atomic E-state index is 12.8. The van der Waals surface area contributed by atoms with Gasteiger partial charge in [-0.1, -0.05) is 23.3 Å². The second-order valence-electron chi connectivity index (χ2n) is 8.66. The summed E-state index contributed by atoms with van der Waals surface area (Å²) in [6.45, 7) is 13.0. The number of morpholine rings is 1. The first-order valence-corrected chi connectivity index (χ1v) is 10.6. The molecule has 1 amide bonds. The summed E-state index contributed by atoms with van der Waals surface area (Å²) in [6.07, 6.45) is 11.0. The van der Waals surface area contributed by atoms with Crippen LogP contribution >= 0.6 is 0 Å². The molecule has 2 saturated heterocycles. The highest BCUT2D eigenvalue weighted by atomic mass is 16.5. The number of carbonyl (C=O) groups is 1. The third kappa shape index (κ3) is 5.97. The first-order chi connectivity index (χ1) is 13.9. The largest absolute Gasteiger partial charge is 0.370 e. The molecule has 0 bridgehead atoms. The van der Waals surface area contributed by atoms with Gasteiger partial charge in [0, 0.05) is 32.4 Å². The number of carbonyl (C=O) groups excluding carboxylic acids is 1. The van der Waals surface area contributed by atoms with Gasteiger partial charge in [-0.3, -0.25) is 14.7 Å². The van der Waals surface area contributed by atoms with E-state index in [4.69, 9.17) is 4.74 Å². The van der Waals surface area contributed by atoms with Crippen LogP contribution < -0.4 is 0 Å². The summed E-state index contributed by atoms with van der Waals surface area (Å²) in [5, 5.41) is 0. The maximum absolute atomic E-state index is 12.8. The van der Waals surface area contributed by atoms with E-state index in [1.54, 1.807) is 12.4 Å². The number of allylic oxidation sites excluding steroid dienone is 3. The first kappa shape index (κ1) is 21.7. The van der Waals surface area contributed by atoms with E-state index in [0.29, 0.717) is 25.4 Å². The minimum atomic E-state index is -0.254. The molecule has 1 aromatic heterocycles. The van der Waals surface area contributed by atoms with Gasteiger partial charge >= 0.3 is 0 Å². The molecule has 6 heteroatoms. The van der Waals surface area contributed by atoms with Crippen LogP contribution in [0.5, 0.6) is 0 Å². The fourth-order valence-electron chi connectivity index (χ4n) is 3.99. The molecular weight excluding hydrogens is 364 g/mol. The predicted molar refractivity (Wildman–Crippen MR) is 115 cm³/mol. The molecule has 1 spiro atoms. The van der Waals surface area contributed by atoms with Crippen molar-refractivity contribution in [3.8, 4) is 0 Å². The lowest BCUT2D eigenvalue weighted by molar-refractivity contribution is -0.0914. The molecule has 3 heterocycles. The monoisotopic (exact) mass is 398 g/mol. The number of nitrogens with zero attached hydrogens (tertiary/aromatic N) is 4. The standard InChI is InChI=1S/C23H34N4O2/c1-18(2)6-5-7-19(3)8-10-26-11-9-23(16-26)17-27(12-13-29-23)22(28)21-15-24-20(4)14-25-21/h6,8,14-15H,5,7,9-13,16-17H2,1-4H3/b19-8+. The number of hydrogen-bond donors (Lipinski definition) is 0. The fourth-order valence-corrected chi connectivity index (χ4v) is 3.99. The molecule has 0 N–H and O–H groups in total. The zero-order chi connectivity index (χ0) is 20.9. The summed E-state index contributed by atoms with van der Waals surface area (Å²) in [5.41, 5.74) is 3.79. The second-order valence-corrected chi connectivity index (χ2v) is 8.66. The van der Waals surface area contributed by atoms with E-state index >= 15 is 0 Å². The third-order valence-electron chi connectivity index (χ3n) is 5.72. The molecule has 0 aromatic carbocycles. The molecule has 29 heavy (non-hydrogen) atoms. The Bertz CT molecular complexity index is 768. The van der Waals surface area contributed by atoms with Crippen LogP contribution in [0.4, 0.5) is 0 Å². The Morgan fingerprint density at radius 2 is 2.00 bits per heavy atom. The van der Waals surface area contributed by atoms with Gasteiger partial charge in [-0.25, -0.2) is 4.98 Å². The third-order valence-corrected chi connectivity index (χ3v) is 5.72. The number of likely N-dealkylation sites (tertiary alicyclic amines) is 1. The number of amides is 1. The molecule has 0 radical (unpaired) electrons. The molecule has 1 atom stereocenters. The van der Waals surface area contributed by atoms with Gasteiger partial charge in [-0.2, -0.15) is 0 Å². The van der Waals surface area contributed by atoms with E-state index in [2.05, 4.69) is 47.8 Å². The van der Waals surface area contributed by atoms with Gasteiger partial charge < -0.3 is 9.64 Å². The summed E-state index contributed by atoms with van der Waals surface area (Å²) in [4.78, 5) is 25.6.